The highest BCUT2D eigenvalue weighted by molar-refractivity contribution is 7.80. The molecule has 9 heteroatoms. The fourth-order valence-corrected chi connectivity index (χ4v) is 1.80. The van der Waals surface area contributed by atoms with E-state index in [1.807, 2.05) is 0 Å². The molecule has 0 aromatic heterocycles. The number of nitrogens with zero attached hydrogens (tertiary/aromatic N) is 1. The molecular formula is C13H18N4O4S. The van der Waals surface area contributed by atoms with E-state index < -0.39 is 10.8 Å². The van der Waals surface area contributed by atoms with Crippen LogP contribution in [-0.2, 0) is 4.74 Å². The summed E-state index contributed by atoms with van der Waals surface area (Å²) in [4.78, 5) is 22.1. The Bertz CT molecular complexity index is 565. The van der Waals surface area contributed by atoms with Crippen molar-refractivity contribution in [3.8, 4) is 0 Å². The molecule has 0 bridgehead atoms. The van der Waals surface area contributed by atoms with Crippen molar-refractivity contribution >= 4 is 28.9 Å². The Morgan fingerprint density at radius 1 is 1.41 bits per heavy atom. The predicted molar refractivity (Wildman–Crippen MR) is 85.5 cm³/mol. The highest BCUT2D eigenvalue weighted by Crippen LogP contribution is 2.18. The number of hydrazine groups is 1. The lowest BCUT2D eigenvalue weighted by Crippen LogP contribution is -2.47. The standard InChI is InChI=1S/C13H18N4O4S/c1-9-8-10(4-5-11(9)17(19)20)12(18)15-16-13(22)14-6-3-7-21-2/h4-5,8H,3,6-7H2,1-2H3,(H,15,18)(H2,14,16,22). The summed E-state index contributed by atoms with van der Waals surface area (Å²) in [6, 6.07) is 4.13. The second-order valence-electron chi connectivity index (χ2n) is 4.44. The highest BCUT2D eigenvalue weighted by atomic mass is 32.1. The van der Waals surface area contributed by atoms with Crippen LogP contribution in [0.4, 0.5) is 5.69 Å². The smallest absolute Gasteiger partial charge is 0.272 e. The van der Waals surface area contributed by atoms with Crippen molar-refractivity contribution in [2.24, 2.45) is 0 Å². The van der Waals surface area contributed by atoms with Crippen LogP contribution in [0.3, 0.4) is 0 Å². The summed E-state index contributed by atoms with van der Waals surface area (Å²) in [7, 11) is 1.61. The van der Waals surface area contributed by atoms with Crippen LogP contribution < -0.4 is 16.2 Å². The molecule has 0 saturated carbocycles. The second-order valence-corrected chi connectivity index (χ2v) is 4.85. The van der Waals surface area contributed by atoms with E-state index in [-0.39, 0.29) is 10.8 Å². The molecule has 3 N–H and O–H groups in total. The summed E-state index contributed by atoms with van der Waals surface area (Å²) in [6.45, 7) is 2.81. The van der Waals surface area contributed by atoms with Crippen molar-refractivity contribution in [1.29, 1.82) is 0 Å². The van der Waals surface area contributed by atoms with Gasteiger partial charge in [0.2, 0.25) is 0 Å². The number of rotatable bonds is 6. The largest absolute Gasteiger partial charge is 0.385 e. The van der Waals surface area contributed by atoms with Crippen LogP contribution in [0.15, 0.2) is 18.2 Å². The molecule has 0 unspecified atom stereocenters. The molecule has 1 amide bonds. The number of nitrogens with one attached hydrogen (secondary N) is 3. The SMILES string of the molecule is COCCCNC(=S)NNC(=O)c1ccc([N+](=O)[O-])c(C)c1. The molecular weight excluding hydrogens is 308 g/mol. The Morgan fingerprint density at radius 3 is 2.73 bits per heavy atom. The molecule has 22 heavy (non-hydrogen) atoms. The average Bonchev–Trinajstić information content (AvgIpc) is 2.48. The van der Waals surface area contributed by atoms with E-state index in [0.717, 1.165) is 6.42 Å². The average molecular weight is 326 g/mol. The normalized spacial score (nSPS) is 9.91. The van der Waals surface area contributed by atoms with Crippen LogP contribution in [0, 0.1) is 17.0 Å². The van der Waals surface area contributed by atoms with E-state index in [9.17, 15) is 14.9 Å². The molecule has 0 radical (unpaired) electrons. The van der Waals surface area contributed by atoms with E-state index in [2.05, 4.69) is 16.2 Å². The quantitative estimate of drug-likeness (QED) is 0.310. The fraction of sp³-hybridized carbons (Fsp3) is 0.385. The van der Waals surface area contributed by atoms with Crippen molar-refractivity contribution in [2.75, 3.05) is 20.3 Å². The van der Waals surface area contributed by atoms with E-state index in [1.165, 1.54) is 18.2 Å². The topological polar surface area (TPSA) is 106 Å². The van der Waals surface area contributed by atoms with Gasteiger partial charge in [-0.15, -0.1) is 0 Å². The molecule has 0 aliphatic carbocycles. The van der Waals surface area contributed by atoms with Crippen molar-refractivity contribution in [3.05, 3.63) is 39.4 Å². The molecule has 1 aromatic carbocycles. The molecule has 120 valence electrons. The number of hydrogen-bond donors (Lipinski definition) is 3. The van der Waals surface area contributed by atoms with E-state index in [1.54, 1.807) is 14.0 Å². The molecule has 0 heterocycles. The van der Waals surface area contributed by atoms with E-state index in [4.69, 9.17) is 17.0 Å². The highest BCUT2D eigenvalue weighted by Gasteiger charge is 2.13. The van der Waals surface area contributed by atoms with Crippen LogP contribution in [-0.4, -0.2) is 36.2 Å². The van der Waals surface area contributed by atoms with Gasteiger partial charge in [-0.25, -0.2) is 0 Å². The van der Waals surface area contributed by atoms with Crippen molar-refractivity contribution in [2.45, 2.75) is 13.3 Å². The first-order valence-corrected chi connectivity index (χ1v) is 6.94. The minimum Gasteiger partial charge on any atom is -0.385 e. The number of carbonyl (C=O) groups is 1. The lowest BCUT2D eigenvalue weighted by Gasteiger charge is -2.11. The summed E-state index contributed by atoms with van der Waals surface area (Å²) < 4.78 is 4.90. The lowest BCUT2D eigenvalue weighted by atomic mass is 10.1. The Labute approximate surface area is 133 Å². The Hall–Kier alpha value is -2.26. The van der Waals surface area contributed by atoms with Crippen LogP contribution in [0.2, 0.25) is 0 Å². The van der Waals surface area contributed by atoms with Gasteiger partial charge in [0.1, 0.15) is 0 Å². The fourth-order valence-electron chi connectivity index (χ4n) is 1.65. The van der Waals surface area contributed by atoms with Crippen molar-refractivity contribution < 1.29 is 14.5 Å². The molecule has 1 rings (SSSR count). The van der Waals surface area contributed by atoms with Gasteiger partial charge in [0.25, 0.3) is 11.6 Å². The van der Waals surface area contributed by atoms with Gasteiger partial charge in [-0.2, -0.15) is 0 Å². The third kappa shape index (κ3) is 5.62. The number of hydrogen-bond acceptors (Lipinski definition) is 5. The minimum atomic E-state index is -0.492. The molecule has 0 saturated heterocycles. The summed E-state index contributed by atoms with van der Waals surface area (Å²) in [5, 5.41) is 13.9. The van der Waals surface area contributed by atoms with Gasteiger partial charge in [0.05, 0.1) is 4.92 Å². The maximum absolute atomic E-state index is 11.9. The first-order chi connectivity index (χ1) is 10.5. The van der Waals surface area contributed by atoms with Crippen LogP contribution in [0.5, 0.6) is 0 Å². The number of ether oxygens (including phenoxy) is 1. The van der Waals surface area contributed by atoms with Gasteiger partial charge in [-0.05, 0) is 37.7 Å². The minimum absolute atomic E-state index is 0.0279. The summed E-state index contributed by atoms with van der Waals surface area (Å²) in [5.41, 5.74) is 5.67. The predicted octanol–water partition coefficient (Wildman–Crippen LogP) is 1.05. The first kappa shape index (κ1) is 17.8. The zero-order valence-corrected chi connectivity index (χ0v) is 13.2. The number of benzene rings is 1. The van der Waals surface area contributed by atoms with Crippen LogP contribution in [0.1, 0.15) is 22.3 Å². The molecule has 0 aliphatic rings. The van der Waals surface area contributed by atoms with E-state index in [0.29, 0.717) is 24.3 Å². The van der Waals surface area contributed by atoms with Crippen molar-refractivity contribution in [1.82, 2.24) is 16.2 Å². The Morgan fingerprint density at radius 2 is 2.14 bits per heavy atom. The maximum Gasteiger partial charge on any atom is 0.272 e. The molecule has 0 fully saturated rings. The molecule has 0 spiro atoms. The second kappa shape index (κ2) is 8.90. The number of aryl methyl sites for hydroxylation is 1. The van der Waals surface area contributed by atoms with Gasteiger partial charge >= 0.3 is 0 Å². The Kier molecular flexibility index (Phi) is 7.20. The van der Waals surface area contributed by atoms with Gasteiger partial charge in [-0.1, -0.05) is 0 Å². The number of nitro groups is 1. The van der Waals surface area contributed by atoms with Gasteiger partial charge in [0, 0.05) is 37.5 Å². The monoisotopic (exact) mass is 326 g/mol. The van der Waals surface area contributed by atoms with Crippen molar-refractivity contribution in [3.63, 3.8) is 0 Å². The third-order valence-corrected chi connectivity index (χ3v) is 3.00. The number of thiocarbonyl (C=S) groups is 1. The molecule has 1 aromatic rings. The Balaban J connectivity index is 2.47. The summed E-state index contributed by atoms with van der Waals surface area (Å²) >= 11 is 4.99. The number of carbonyl (C=O) groups excluding carboxylic acids is 1. The maximum atomic E-state index is 11.9. The summed E-state index contributed by atoms with van der Waals surface area (Å²) in [5.74, 6) is -0.431. The molecule has 8 nitrogen and oxygen atoms in total. The van der Waals surface area contributed by atoms with Crippen LogP contribution in [0.25, 0.3) is 0 Å². The van der Waals surface area contributed by atoms with Gasteiger partial charge < -0.3 is 10.1 Å². The number of amides is 1. The molecule has 0 atom stereocenters. The molecule has 0 aliphatic heterocycles. The third-order valence-electron chi connectivity index (χ3n) is 2.76. The number of nitro benzene ring substituents is 1. The first-order valence-electron chi connectivity index (χ1n) is 6.54. The zero-order valence-electron chi connectivity index (χ0n) is 12.3. The van der Waals surface area contributed by atoms with Crippen LogP contribution >= 0.6 is 12.2 Å². The number of methoxy groups -OCH3 is 1. The van der Waals surface area contributed by atoms with Gasteiger partial charge in [-0.3, -0.25) is 25.8 Å². The zero-order chi connectivity index (χ0) is 16.5. The lowest BCUT2D eigenvalue weighted by molar-refractivity contribution is -0.385. The summed E-state index contributed by atoms with van der Waals surface area (Å²) in [6.07, 6.45) is 0.786. The van der Waals surface area contributed by atoms with E-state index >= 15 is 0 Å². The van der Waals surface area contributed by atoms with Gasteiger partial charge in [0.15, 0.2) is 5.11 Å².